The van der Waals surface area contributed by atoms with Crippen LogP contribution in [0.4, 0.5) is 0 Å². The second-order valence-corrected chi connectivity index (χ2v) is 6.96. The van der Waals surface area contributed by atoms with E-state index < -0.39 is 6.04 Å². The molecule has 4 rings (SSSR count). The molecule has 0 amide bonds. The Kier molecular flexibility index (Phi) is 4.25. The Morgan fingerprint density at radius 3 is 2.75 bits per heavy atom. The van der Waals surface area contributed by atoms with Crippen LogP contribution in [0.15, 0.2) is 54.1 Å². The van der Waals surface area contributed by atoms with Gasteiger partial charge in [-0.1, -0.05) is 48.6 Å². The maximum atomic E-state index is 12.3. The largest absolute Gasteiger partial charge is 0.459 e. The van der Waals surface area contributed by atoms with Gasteiger partial charge in [-0.2, -0.15) is 0 Å². The number of rotatable bonds is 5. The normalized spacial score (nSPS) is 30.3. The fourth-order valence-corrected chi connectivity index (χ4v) is 3.60. The van der Waals surface area contributed by atoms with Crippen molar-refractivity contribution in [3.8, 4) is 0 Å². The van der Waals surface area contributed by atoms with E-state index in [-0.39, 0.29) is 24.7 Å². The van der Waals surface area contributed by atoms with Gasteiger partial charge in [-0.05, 0) is 29.9 Å². The average Bonchev–Trinajstić information content (AvgIpc) is 3.32. The van der Waals surface area contributed by atoms with Crippen molar-refractivity contribution in [1.29, 1.82) is 0 Å². The monoisotopic (exact) mass is 325 g/mol. The summed E-state index contributed by atoms with van der Waals surface area (Å²) in [5, 5.41) is 9.62. The molecule has 0 spiro atoms. The van der Waals surface area contributed by atoms with Gasteiger partial charge in [0, 0.05) is 13.0 Å². The molecule has 2 aliphatic heterocycles. The lowest BCUT2D eigenvalue weighted by atomic mass is 9.98. The van der Waals surface area contributed by atoms with Crippen LogP contribution in [0.5, 0.6) is 0 Å². The summed E-state index contributed by atoms with van der Waals surface area (Å²) in [6, 6.07) is 9.60. The van der Waals surface area contributed by atoms with Crippen LogP contribution in [0.3, 0.4) is 0 Å². The Bertz CT molecular complexity index is 663. The summed E-state index contributed by atoms with van der Waals surface area (Å²) in [6.07, 6.45) is 9.74. The lowest BCUT2D eigenvalue weighted by molar-refractivity contribution is -0.171. The van der Waals surface area contributed by atoms with E-state index in [9.17, 15) is 9.90 Å². The number of esters is 1. The number of carbonyl (C=O) groups is 1. The number of hydrogen-bond acceptors (Lipinski definition) is 4. The van der Waals surface area contributed by atoms with E-state index >= 15 is 0 Å². The molecule has 0 bridgehead atoms. The first-order valence-corrected chi connectivity index (χ1v) is 8.74. The van der Waals surface area contributed by atoms with Crippen LogP contribution in [0.1, 0.15) is 18.4 Å². The zero-order chi connectivity index (χ0) is 16.5. The third-order valence-electron chi connectivity index (χ3n) is 5.11. The zero-order valence-corrected chi connectivity index (χ0v) is 13.7. The average molecular weight is 325 g/mol. The second-order valence-electron chi connectivity index (χ2n) is 6.96. The van der Waals surface area contributed by atoms with Gasteiger partial charge < -0.3 is 9.84 Å². The molecule has 24 heavy (non-hydrogen) atoms. The van der Waals surface area contributed by atoms with Crippen molar-refractivity contribution in [2.45, 2.75) is 37.5 Å². The Morgan fingerprint density at radius 1 is 1.25 bits per heavy atom. The molecular weight excluding hydrogens is 302 g/mol. The number of nitrogens with zero attached hydrogens (tertiary/aromatic N) is 1. The summed E-state index contributed by atoms with van der Waals surface area (Å²) < 4.78 is 5.68. The van der Waals surface area contributed by atoms with Crippen LogP contribution in [0, 0.1) is 5.92 Å². The number of benzene rings is 1. The van der Waals surface area contributed by atoms with Gasteiger partial charge in [0.1, 0.15) is 12.1 Å². The molecule has 4 nitrogen and oxygen atoms in total. The minimum atomic E-state index is -0.551. The molecule has 1 N–H and O–H groups in total. The molecule has 4 heteroatoms. The van der Waals surface area contributed by atoms with Crippen molar-refractivity contribution < 1.29 is 14.6 Å². The number of hydrogen-bond donors (Lipinski definition) is 1. The van der Waals surface area contributed by atoms with Crippen LogP contribution in [-0.4, -0.2) is 47.3 Å². The van der Waals surface area contributed by atoms with Crippen molar-refractivity contribution in [1.82, 2.24) is 4.90 Å². The smallest absolute Gasteiger partial charge is 0.326 e. The van der Waals surface area contributed by atoms with Gasteiger partial charge in [0.05, 0.1) is 12.6 Å². The highest BCUT2D eigenvalue weighted by molar-refractivity contribution is 5.77. The van der Waals surface area contributed by atoms with Gasteiger partial charge >= 0.3 is 5.97 Å². The molecule has 0 aromatic heterocycles. The molecule has 1 aromatic carbocycles. The maximum absolute atomic E-state index is 12.3. The number of aliphatic hydroxyl groups is 1. The molecule has 126 valence electrons. The molecule has 0 unspecified atom stereocenters. The van der Waals surface area contributed by atoms with Crippen molar-refractivity contribution in [3.05, 3.63) is 59.7 Å². The van der Waals surface area contributed by atoms with E-state index in [0.29, 0.717) is 13.0 Å². The lowest BCUT2D eigenvalue weighted by Crippen LogP contribution is -2.58. The Hall–Kier alpha value is -1.91. The Morgan fingerprint density at radius 2 is 2.04 bits per heavy atom. The van der Waals surface area contributed by atoms with Crippen molar-refractivity contribution in [3.63, 3.8) is 0 Å². The van der Waals surface area contributed by atoms with Crippen molar-refractivity contribution >= 4 is 5.97 Å². The SMILES string of the molecule is O=C1O[C@@H](Cc2ccccc2)[C@H]2C=C(/C=C/C3CC3)CN2[C@H]1CO. The Balaban J connectivity index is 1.55. The topological polar surface area (TPSA) is 49.8 Å². The van der Waals surface area contributed by atoms with E-state index in [2.05, 4.69) is 35.3 Å². The molecule has 3 aliphatic rings. The van der Waals surface area contributed by atoms with Gasteiger partial charge in [-0.25, -0.2) is 0 Å². The minimum absolute atomic E-state index is 0.0407. The number of morpholine rings is 1. The molecule has 1 aliphatic carbocycles. The van der Waals surface area contributed by atoms with Gasteiger partial charge in [-0.15, -0.1) is 0 Å². The third-order valence-corrected chi connectivity index (χ3v) is 5.11. The van der Waals surface area contributed by atoms with E-state index in [1.165, 1.54) is 18.4 Å². The number of carbonyl (C=O) groups excluding carboxylic acids is 1. The fraction of sp³-hybridized carbons (Fsp3) is 0.450. The first-order chi connectivity index (χ1) is 11.7. The first kappa shape index (κ1) is 15.6. The quantitative estimate of drug-likeness (QED) is 0.842. The zero-order valence-electron chi connectivity index (χ0n) is 13.7. The highest BCUT2D eigenvalue weighted by atomic mass is 16.6. The summed E-state index contributed by atoms with van der Waals surface area (Å²) in [5.74, 6) is 0.422. The van der Waals surface area contributed by atoms with Crippen LogP contribution in [0.2, 0.25) is 0 Å². The van der Waals surface area contributed by atoms with E-state index in [0.717, 1.165) is 11.5 Å². The predicted molar refractivity (Wildman–Crippen MR) is 91.3 cm³/mol. The van der Waals surface area contributed by atoms with Gasteiger partial charge in [-0.3, -0.25) is 9.69 Å². The molecule has 3 atom stereocenters. The molecule has 2 heterocycles. The van der Waals surface area contributed by atoms with Gasteiger partial charge in [0.25, 0.3) is 0 Å². The van der Waals surface area contributed by atoms with Crippen LogP contribution < -0.4 is 0 Å². The maximum Gasteiger partial charge on any atom is 0.326 e. The molecule has 2 fully saturated rings. The number of fused-ring (bicyclic) bond motifs is 1. The summed E-state index contributed by atoms with van der Waals surface area (Å²) >= 11 is 0. The number of cyclic esters (lactones) is 1. The standard InChI is InChI=1S/C20H23NO3/c22-13-18-20(23)24-19(11-15-4-2-1-3-5-15)17-10-16(12-21(17)18)9-8-14-6-7-14/h1-5,8-10,14,17-19,22H,6-7,11-13H2/b9-8+/t17-,18+,19+/m1/s1. The minimum Gasteiger partial charge on any atom is -0.459 e. The number of allylic oxidation sites excluding steroid dienone is 1. The fourth-order valence-electron chi connectivity index (χ4n) is 3.60. The number of ether oxygens (including phenoxy) is 1. The lowest BCUT2D eigenvalue weighted by Gasteiger charge is -2.40. The van der Waals surface area contributed by atoms with E-state index in [1.54, 1.807) is 0 Å². The third kappa shape index (κ3) is 3.17. The van der Waals surface area contributed by atoms with Gasteiger partial charge in [0.2, 0.25) is 0 Å². The highest BCUT2D eigenvalue weighted by Crippen LogP contribution is 2.33. The molecular formula is C20H23NO3. The summed E-state index contributed by atoms with van der Waals surface area (Å²) in [7, 11) is 0. The summed E-state index contributed by atoms with van der Waals surface area (Å²) in [5.41, 5.74) is 2.38. The highest BCUT2D eigenvalue weighted by Gasteiger charge is 2.45. The van der Waals surface area contributed by atoms with Crippen LogP contribution in [0.25, 0.3) is 0 Å². The summed E-state index contributed by atoms with van der Waals surface area (Å²) in [4.78, 5) is 14.4. The van der Waals surface area contributed by atoms with Crippen molar-refractivity contribution in [2.75, 3.05) is 13.2 Å². The predicted octanol–water partition coefficient (Wildman–Crippen LogP) is 2.09. The molecule has 1 saturated heterocycles. The van der Waals surface area contributed by atoms with Gasteiger partial charge in [0.15, 0.2) is 0 Å². The second kappa shape index (κ2) is 6.54. The van der Waals surface area contributed by atoms with E-state index in [1.807, 2.05) is 18.2 Å². The molecule has 1 aromatic rings. The number of aliphatic hydroxyl groups excluding tert-OH is 1. The Labute approximate surface area is 142 Å². The van der Waals surface area contributed by atoms with E-state index in [4.69, 9.17) is 4.74 Å². The van der Waals surface area contributed by atoms with Crippen molar-refractivity contribution in [2.24, 2.45) is 5.92 Å². The first-order valence-electron chi connectivity index (χ1n) is 8.74. The summed E-state index contributed by atoms with van der Waals surface area (Å²) in [6.45, 7) is 0.514. The van der Waals surface area contributed by atoms with Crippen LogP contribution in [-0.2, 0) is 16.0 Å². The molecule has 0 radical (unpaired) electrons. The van der Waals surface area contributed by atoms with Crippen LogP contribution >= 0.6 is 0 Å². The molecule has 1 saturated carbocycles.